The van der Waals surface area contributed by atoms with Gasteiger partial charge < -0.3 is 10.2 Å². The van der Waals surface area contributed by atoms with Crippen molar-refractivity contribution in [3.05, 3.63) is 71.0 Å². The van der Waals surface area contributed by atoms with Crippen molar-refractivity contribution in [1.29, 1.82) is 0 Å². The highest BCUT2D eigenvalue weighted by atomic mass is 19.1. The molecule has 25 heavy (non-hydrogen) atoms. The molecule has 1 aliphatic heterocycles. The van der Waals surface area contributed by atoms with Crippen molar-refractivity contribution in [1.82, 2.24) is 10.2 Å². The number of benzene rings is 2. The number of halogens is 1. The maximum atomic E-state index is 13.3. The molecule has 0 spiro atoms. The Morgan fingerprint density at radius 1 is 1.24 bits per heavy atom. The van der Waals surface area contributed by atoms with Gasteiger partial charge >= 0.3 is 0 Å². The minimum absolute atomic E-state index is 0.0293. The number of hydrogen-bond acceptors (Lipinski definition) is 2. The van der Waals surface area contributed by atoms with Gasteiger partial charge in [-0.1, -0.05) is 37.3 Å². The number of likely N-dealkylation sites (tertiary alicyclic amines) is 1. The van der Waals surface area contributed by atoms with Crippen molar-refractivity contribution in [2.45, 2.75) is 32.4 Å². The number of nitrogens with zero attached hydrogens (tertiary/aromatic N) is 1. The average molecular weight is 340 g/mol. The highest BCUT2D eigenvalue weighted by Gasteiger charge is 2.31. The minimum atomic E-state index is -0.315. The fourth-order valence-electron chi connectivity index (χ4n) is 3.19. The van der Waals surface area contributed by atoms with Gasteiger partial charge in [-0.3, -0.25) is 9.59 Å². The van der Waals surface area contributed by atoms with Crippen molar-refractivity contribution in [2.75, 3.05) is 6.54 Å². The quantitative estimate of drug-likeness (QED) is 0.910. The van der Waals surface area contributed by atoms with Crippen LogP contribution in [0.15, 0.2) is 48.5 Å². The van der Waals surface area contributed by atoms with Gasteiger partial charge in [0.1, 0.15) is 5.82 Å². The SMILES string of the molecule is CCc1ccccc1C(=O)N[C@@H]1CC(=O)N(Cc2cccc(F)c2)C1. The second kappa shape index (κ2) is 7.47. The van der Waals surface area contributed by atoms with Crippen LogP contribution in [-0.2, 0) is 17.8 Å². The number of rotatable bonds is 5. The fraction of sp³-hybridized carbons (Fsp3) is 0.300. The second-order valence-electron chi connectivity index (χ2n) is 6.29. The third-order valence-corrected chi connectivity index (χ3v) is 4.46. The first-order valence-electron chi connectivity index (χ1n) is 8.47. The molecule has 0 unspecified atom stereocenters. The third-order valence-electron chi connectivity index (χ3n) is 4.46. The Morgan fingerprint density at radius 3 is 2.80 bits per heavy atom. The highest BCUT2D eigenvalue weighted by molar-refractivity contribution is 5.96. The largest absolute Gasteiger partial charge is 0.347 e. The van der Waals surface area contributed by atoms with Crippen LogP contribution in [0.5, 0.6) is 0 Å². The minimum Gasteiger partial charge on any atom is -0.347 e. The van der Waals surface area contributed by atoms with Crippen LogP contribution < -0.4 is 5.32 Å². The molecule has 3 rings (SSSR count). The molecule has 130 valence electrons. The number of aryl methyl sites for hydroxylation is 1. The van der Waals surface area contributed by atoms with Crippen LogP contribution in [0.1, 0.15) is 34.8 Å². The van der Waals surface area contributed by atoms with E-state index in [1.807, 2.05) is 25.1 Å². The number of hydrogen-bond donors (Lipinski definition) is 1. The Morgan fingerprint density at radius 2 is 2.04 bits per heavy atom. The summed E-state index contributed by atoms with van der Waals surface area (Å²) in [5, 5.41) is 2.95. The summed E-state index contributed by atoms with van der Waals surface area (Å²) in [4.78, 5) is 26.4. The molecule has 0 aliphatic carbocycles. The monoisotopic (exact) mass is 340 g/mol. The topological polar surface area (TPSA) is 49.4 Å². The zero-order valence-corrected chi connectivity index (χ0v) is 14.2. The predicted octanol–water partition coefficient (Wildman–Crippen LogP) is 2.92. The fourth-order valence-corrected chi connectivity index (χ4v) is 3.19. The van der Waals surface area contributed by atoms with E-state index >= 15 is 0 Å². The van der Waals surface area contributed by atoms with Crippen molar-refractivity contribution >= 4 is 11.8 Å². The number of carbonyl (C=O) groups excluding carboxylic acids is 2. The van der Waals surface area contributed by atoms with Gasteiger partial charge in [-0.25, -0.2) is 4.39 Å². The Labute approximate surface area is 146 Å². The van der Waals surface area contributed by atoms with Gasteiger partial charge in [0, 0.05) is 25.1 Å². The van der Waals surface area contributed by atoms with E-state index in [0.29, 0.717) is 18.7 Å². The molecule has 1 atom stereocenters. The van der Waals surface area contributed by atoms with E-state index < -0.39 is 0 Å². The molecule has 2 aromatic carbocycles. The van der Waals surface area contributed by atoms with Gasteiger partial charge in [0.25, 0.3) is 5.91 Å². The smallest absolute Gasteiger partial charge is 0.251 e. The Balaban J connectivity index is 1.63. The summed E-state index contributed by atoms with van der Waals surface area (Å²) in [7, 11) is 0. The number of carbonyl (C=O) groups is 2. The zero-order chi connectivity index (χ0) is 17.8. The summed E-state index contributed by atoms with van der Waals surface area (Å²) < 4.78 is 13.3. The summed E-state index contributed by atoms with van der Waals surface area (Å²) in [6, 6.07) is 13.5. The molecule has 1 heterocycles. The van der Waals surface area contributed by atoms with E-state index in [4.69, 9.17) is 0 Å². The van der Waals surface area contributed by atoms with Gasteiger partial charge in [-0.15, -0.1) is 0 Å². The molecule has 2 amide bonds. The van der Waals surface area contributed by atoms with Crippen LogP contribution in [0.2, 0.25) is 0 Å². The molecule has 0 radical (unpaired) electrons. The Hall–Kier alpha value is -2.69. The summed E-state index contributed by atoms with van der Waals surface area (Å²) >= 11 is 0. The standard InChI is InChI=1S/C20H21FN2O2/c1-2-15-7-3-4-9-18(15)20(25)22-17-11-19(24)23(13-17)12-14-6-5-8-16(21)10-14/h3-10,17H,2,11-13H2,1H3,(H,22,25)/t17-/m1/s1. The maximum Gasteiger partial charge on any atom is 0.251 e. The molecule has 1 fully saturated rings. The lowest BCUT2D eigenvalue weighted by Crippen LogP contribution is -2.37. The maximum absolute atomic E-state index is 13.3. The van der Waals surface area contributed by atoms with Crippen molar-refractivity contribution < 1.29 is 14.0 Å². The van der Waals surface area contributed by atoms with E-state index in [1.165, 1.54) is 12.1 Å². The first kappa shape index (κ1) is 17.1. The van der Waals surface area contributed by atoms with E-state index in [2.05, 4.69) is 5.32 Å². The van der Waals surface area contributed by atoms with Crippen molar-refractivity contribution in [3.8, 4) is 0 Å². The predicted molar refractivity (Wildman–Crippen MR) is 93.5 cm³/mol. The molecular formula is C20H21FN2O2. The van der Waals surface area contributed by atoms with Gasteiger partial charge in [-0.05, 0) is 35.7 Å². The van der Waals surface area contributed by atoms with Gasteiger partial charge in [0.05, 0.1) is 6.04 Å². The zero-order valence-electron chi connectivity index (χ0n) is 14.2. The van der Waals surface area contributed by atoms with Gasteiger partial charge in [0.2, 0.25) is 5.91 Å². The lowest BCUT2D eigenvalue weighted by molar-refractivity contribution is -0.128. The Kier molecular flexibility index (Phi) is 5.12. The molecule has 1 saturated heterocycles. The lowest BCUT2D eigenvalue weighted by Gasteiger charge is -2.18. The van der Waals surface area contributed by atoms with Crippen LogP contribution in [0.3, 0.4) is 0 Å². The van der Waals surface area contributed by atoms with E-state index in [1.54, 1.807) is 23.1 Å². The number of nitrogens with one attached hydrogen (secondary N) is 1. The van der Waals surface area contributed by atoms with Gasteiger partial charge in [-0.2, -0.15) is 0 Å². The molecule has 4 nitrogen and oxygen atoms in total. The highest BCUT2D eigenvalue weighted by Crippen LogP contribution is 2.17. The third kappa shape index (κ3) is 4.05. The molecule has 5 heteroatoms. The molecule has 0 aromatic heterocycles. The number of amides is 2. The normalized spacial score (nSPS) is 17.0. The van der Waals surface area contributed by atoms with Crippen LogP contribution >= 0.6 is 0 Å². The summed E-state index contributed by atoms with van der Waals surface area (Å²) in [6.45, 7) is 2.80. The van der Waals surface area contributed by atoms with Gasteiger partial charge in [0.15, 0.2) is 0 Å². The summed E-state index contributed by atoms with van der Waals surface area (Å²) in [5.74, 6) is -0.494. The summed E-state index contributed by atoms with van der Waals surface area (Å²) in [6.07, 6.45) is 1.05. The van der Waals surface area contributed by atoms with Crippen molar-refractivity contribution in [2.24, 2.45) is 0 Å². The molecule has 0 saturated carbocycles. The van der Waals surface area contributed by atoms with Crippen LogP contribution in [0, 0.1) is 5.82 Å². The average Bonchev–Trinajstić information content (AvgIpc) is 2.94. The molecule has 1 N–H and O–H groups in total. The lowest BCUT2D eigenvalue weighted by atomic mass is 10.0. The molecule has 2 aromatic rings. The molecular weight excluding hydrogens is 319 g/mol. The molecule has 0 bridgehead atoms. The van der Waals surface area contributed by atoms with E-state index in [-0.39, 0.29) is 30.1 Å². The van der Waals surface area contributed by atoms with E-state index in [0.717, 1.165) is 17.5 Å². The Bertz CT molecular complexity index is 791. The molecule has 1 aliphatic rings. The second-order valence-corrected chi connectivity index (χ2v) is 6.29. The van der Waals surface area contributed by atoms with Crippen LogP contribution in [0.4, 0.5) is 4.39 Å². The van der Waals surface area contributed by atoms with E-state index in [9.17, 15) is 14.0 Å². The van der Waals surface area contributed by atoms with Crippen LogP contribution in [0.25, 0.3) is 0 Å². The van der Waals surface area contributed by atoms with Crippen molar-refractivity contribution in [3.63, 3.8) is 0 Å². The summed E-state index contributed by atoms with van der Waals surface area (Å²) in [5.41, 5.74) is 2.39. The first-order valence-corrected chi connectivity index (χ1v) is 8.47. The van der Waals surface area contributed by atoms with Crippen LogP contribution in [-0.4, -0.2) is 29.3 Å². The first-order chi connectivity index (χ1) is 12.1.